The summed E-state index contributed by atoms with van der Waals surface area (Å²) in [6, 6.07) is 4.02. The number of amides is 1. The summed E-state index contributed by atoms with van der Waals surface area (Å²) in [5, 5.41) is 0.429. The van der Waals surface area contributed by atoms with Crippen molar-refractivity contribution in [3.05, 3.63) is 39.1 Å². The Labute approximate surface area is 122 Å². The highest BCUT2D eigenvalue weighted by Crippen LogP contribution is 2.35. The molecule has 1 aromatic carbocycles. The van der Waals surface area contributed by atoms with Gasteiger partial charge in [-0.25, -0.2) is 4.98 Å². The number of hydrogen-bond acceptors (Lipinski definition) is 6. The van der Waals surface area contributed by atoms with Gasteiger partial charge in [0.2, 0.25) is 5.91 Å². The van der Waals surface area contributed by atoms with Crippen LogP contribution in [0.3, 0.4) is 0 Å². The molecule has 0 saturated carbocycles. The number of carbonyl (C=O) groups is 1. The Kier molecular flexibility index (Phi) is 3.86. The number of nitrogens with one attached hydrogen (secondary N) is 1. The molecule has 0 saturated heterocycles. The zero-order chi connectivity index (χ0) is 14.9. The number of halogens is 1. The number of nitrogens with zero attached hydrogens (tertiary/aromatic N) is 1. The second-order valence-electron chi connectivity index (χ2n) is 3.82. The highest BCUT2D eigenvalue weighted by molar-refractivity contribution is 7.99. The minimum absolute atomic E-state index is 0.0587. The molecule has 0 bridgehead atoms. The van der Waals surface area contributed by atoms with Gasteiger partial charge in [-0.05, 0) is 23.9 Å². The predicted octanol–water partition coefficient (Wildman–Crippen LogP) is 0.838. The number of benzene rings is 1. The quantitative estimate of drug-likeness (QED) is 0.489. The van der Waals surface area contributed by atoms with E-state index in [2.05, 4.69) is 9.97 Å². The van der Waals surface area contributed by atoms with Crippen LogP contribution in [0.1, 0.15) is 10.4 Å². The van der Waals surface area contributed by atoms with Gasteiger partial charge >= 0.3 is 0 Å². The maximum Gasteiger partial charge on any atom is 0.253 e. The number of aromatic amines is 1. The molecule has 7 nitrogen and oxygen atoms in total. The number of hydrogen-bond donors (Lipinski definition) is 4. The Balaban J connectivity index is 2.52. The number of carbonyl (C=O) groups excluding carboxylic acids is 1. The average Bonchev–Trinajstić information content (AvgIpc) is 2.30. The fourth-order valence-corrected chi connectivity index (χ4v) is 2.76. The van der Waals surface area contributed by atoms with Crippen molar-refractivity contribution in [1.82, 2.24) is 9.97 Å². The molecule has 2 rings (SSSR count). The van der Waals surface area contributed by atoms with Crippen molar-refractivity contribution in [2.24, 2.45) is 5.73 Å². The van der Waals surface area contributed by atoms with Crippen LogP contribution < -0.4 is 22.8 Å². The summed E-state index contributed by atoms with van der Waals surface area (Å²) in [5.74, 6) is -0.628. The lowest BCUT2D eigenvalue weighted by molar-refractivity contribution is 0.0997. The number of nitrogen functional groups attached to an aromatic ring is 2. The van der Waals surface area contributed by atoms with E-state index in [4.69, 9.17) is 28.8 Å². The van der Waals surface area contributed by atoms with E-state index in [9.17, 15) is 9.59 Å². The first-order valence-corrected chi connectivity index (χ1v) is 6.50. The molecule has 0 fully saturated rings. The fraction of sp³-hybridized carbons (Fsp3) is 0. The van der Waals surface area contributed by atoms with Crippen molar-refractivity contribution in [2.45, 2.75) is 10.1 Å². The van der Waals surface area contributed by atoms with Crippen LogP contribution in [-0.2, 0) is 0 Å². The van der Waals surface area contributed by atoms with Gasteiger partial charge in [-0.1, -0.05) is 11.6 Å². The molecule has 104 valence electrons. The van der Waals surface area contributed by atoms with Crippen molar-refractivity contribution >= 4 is 40.8 Å². The maximum absolute atomic E-state index is 11.4. The Hall–Kier alpha value is -2.19. The lowest BCUT2D eigenvalue weighted by Gasteiger charge is -2.09. The number of aromatic nitrogens is 2. The molecule has 0 aliphatic carbocycles. The number of rotatable bonds is 3. The third kappa shape index (κ3) is 3.03. The van der Waals surface area contributed by atoms with Gasteiger partial charge in [0.1, 0.15) is 5.82 Å². The third-order valence-electron chi connectivity index (χ3n) is 2.27. The van der Waals surface area contributed by atoms with E-state index in [0.717, 1.165) is 17.8 Å². The van der Waals surface area contributed by atoms with Crippen LogP contribution in [0.15, 0.2) is 33.0 Å². The van der Waals surface area contributed by atoms with E-state index in [0.29, 0.717) is 10.6 Å². The minimum Gasteiger partial charge on any atom is -0.399 e. The smallest absolute Gasteiger partial charge is 0.253 e. The van der Waals surface area contributed by atoms with Crippen LogP contribution in [0.25, 0.3) is 0 Å². The molecule has 7 N–H and O–H groups in total. The van der Waals surface area contributed by atoms with E-state index >= 15 is 0 Å². The third-order valence-corrected chi connectivity index (χ3v) is 3.71. The summed E-state index contributed by atoms with van der Waals surface area (Å²) < 4.78 is 0. The van der Waals surface area contributed by atoms with Gasteiger partial charge in [-0.3, -0.25) is 9.59 Å². The first-order chi connectivity index (χ1) is 9.36. The van der Waals surface area contributed by atoms with Crippen molar-refractivity contribution in [1.29, 1.82) is 0 Å². The number of anilines is 2. The van der Waals surface area contributed by atoms with Gasteiger partial charge in [0.15, 0.2) is 5.16 Å². The standard InChI is InChI=1S/C11H10ClN5O2S/c12-6-2-4(13)1-5(10(15)19)9(6)20-11-16-7(14)3-8(18)17-11/h1-3H,13H2,(H2,15,19)(H3,14,16,17,18). The van der Waals surface area contributed by atoms with E-state index < -0.39 is 11.5 Å². The van der Waals surface area contributed by atoms with Crippen molar-refractivity contribution in [3.63, 3.8) is 0 Å². The van der Waals surface area contributed by atoms with Gasteiger partial charge in [0.05, 0.1) is 10.6 Å². The summed E-state index contributed by atoms with van der Waals surface area (Å²) >= 11 is 7.02. The van der Waals surface area contributed by atoms with Crippen LogP contribution in [0.5, 0.6) is 0 Å². The Morgan fingerprint density at radius 1 is 1.30 bits per heavy atom. The molecule has 9 heteroatoms. The lowest BCUT2D eigenvalue weighted by atomic mass is 10.2. The zero-order valence-electron chi connectivity index (χ0n) is 10.0. The number of H-pyrrole nitrogens is 1. The fourth-order valence-electron chi connectivity index (χ4n) is 1.50. The van der Waals surface area contributed by atoms with Crippen LogP contribution in [0.2, 0.25) is 5.02 Å². The highest BCUT2D eigenvalue weighted by Gasteiger charge is 2.16. The molecule has 20 heavy (non-hydrogen) atoms. The summed E-state index contributed by atoms with van der Waals surface area (Å²) in [4.78, 5) is 29.5. The van der Waals surface area contributed by atoms with E-state index in [1.807, 2.05) is 0 Å². The largest absolute Gasteiger partial charge is 0.399 e. The van der Waals surface area contributed by atoms with Gasteiger partial charge < -0.3 is 22.2 Å². The van der Waals surface area contributed by atoms with Crippen molar-refractivity contribution in [2.75, 3.05) is 11.5 Å². The Morgan fingerprint density at radius 2 is 2.00 bits per heavy atom. The predicted molar refractivity (Wildman–Crippen MR) is 77.8 cm³/mol. The van der Waals surface area contributed by atoms with Crippen LogP contribution >= 0.6 is 23.4 Å². The molecule has 0 aliphatic heterocycles. The molecule has 0 aliphatic rings. The first kappa shape index (κ1) is 14.2. The van der Waals surface area contributed by atoms with Crippen LogP contribution in [-0.4, -0.2) is 15.9 Å². The molecular formula is C11H10ClN5O2S. The van der Waals surface area contributed by atoms with E-state index in [-0.39, 0.29) is 21.6 Å². The number of nitrogens with two attached hydrogens (primary N) is 3. The SMILES string of the molecule is NC(=O)c1cc(N)cc(Cl)c1Sc1nc(N)cc(=O)[nH]1. The van der Waals surface area contributed by atoms with Gasteiger partial charge in [-0.15, -0.1) is 0 Å². The lowest BCUT2D eigenvalue weighted by Crippen LogP contribution is -2.14. The summed E-state index contributed by atoms with van der Waals surface area (Å²) in [5.41, 5.74) is 16.4. The maximum atomic E-state index is 11.4. The van der Waals surface area contributed by atoms with Gasteiger partial charge in [0, 0.05) is 16.6 Å². The molecule has 0 atom stereocenters. The molecule has 0 unspecified atom stereocenters. The minimum atomic E-state index is -0.687. The first-order valence-electron chi connectivity index (χ1n) is 5.30. The Bertz CT molecular complexity index is 746. The van der Waals surface area contributed by atoms with Crippen LogP contribution in [0.4, 0.5) is 11.5 Å². The summed E-state index contributed by atoms with van der Waals surface area (Å²) in [6.45, 7) is 0. The van der Waals surface area contributed by atoms with E-state index in [1.54, 1.807) is 0 Å². The molecule has 0 spiro atoms. The molecular weight excluding hydrogens is 302 g/mol. The summed E-state index contributed by atoms with van der Waals surface area (Å²) in [7, 11) is 0. The normalized spacial score (nSPS) is 10.4. The van der Waals surface area contributed by atoms with Gasteiger partial charge in [0.25, 0.3) is 5.56 Å². The topological polar surface area (TPSA) is 141 Å². The molecule has 2 aromatic rings. The van der Waals surface area contributed by atoms with Crippen LogP contribution in [0, 0.1) is 0 Å². The Morgan fingerprint density at radius 3 is 2.60 bits per heavy atom. The average molecular weight is 312 g/mol. The highest BCUT2D eigenvalue weighted by atomic mass is 35.5. The summed E-state index contributed by atoms with van der Waals surface area (Å²) in [6.07, 6.45) is 0. The second-order valence-corrected chi connectivity index (χ2v) is 5.23. The van der Waals surface area contributed by atoms with Crippen molar-refractivity contribution in [3.8, 4) is 0 Å². The van der Waals surface area contributed by atoms with E-state index in [1.165, 1.54) is 12.1 Å². The second kappa shape index (κ2) is 5.43. The zero-order valence-corrected chi connectivity index (χ0v) is 11.6. The monoisotopic (exact) mass is 311 g/mol. The van der Waals surface area contributed by atoms with Gasteiger partial charge in [-0.2, -0.15) is 0 Å². The molecule has 1 aromatic heterocycles. The number of primary amides is 1. The molecule has 1 amide bonds. The molecule has 1 heterocycles. The molecule has 0 radical (unpaired) electrons. The van der Waals surface area contributed by atoms with Crippen molar-refractivity contribution < 1.29 is 4.79 Å².